The highest BCUT2D eigenvalue weighted by atomic mass is 32.1. The Hall–Kier alpha value is -1.69. The summed E-state index contributed by atoms with van der Waals surface area (Å²) in [5.74, 6) is 1.05. The summed E-state index contributed by atoms with van der Waals surface area (Å²) in [6.07, 6.45) is 0. The molecule has 0 aliphatic heterocycles. The summed E-state index contributed by atoms with van der Waals surface area (Å²) in [5, 5.41) is 13.7. The second-order valence-electron chi connectivity index (χ2n) is 4.76. The second kappa shape index (κ2) is 4.29. The summed E-state index contributed by atoms with van der Waals surface area (Å²) >= 11 is 1.55. The molecule has 17 heavy (non-hydrogen) atoms. The number of nitrogens with one attached hydrogen (secondary N) is 1. The van der Waals surface area contributed by atoms with E-state index in [1.807, 2.05) is 5.38 Å². The lowest BCUT2D eigenvalue weighted by molar-refractivity contribution is 0.573. The minimum atomic E-state index is 0.0588. The van der Waals surface area contributed by atoms with Gasteiger partial charge in [-0.15, -0.1) is 21.5 Å². The average Bonchev–Trinajstić information content (AvgIpc) is 2.69. The standard InChI is InChI=1S/C11H15N5S/c1-11(2,3)7-6-17-10(13-7)14-9-5-4-8(12)15-16-9/h4-6H,1-3H3,(H2,12,15)(H,13,14,16). The Labute approximate surface area is 104 Å². The van der Waals surface area contributed by atoms with Crippen molar-refractivity contribution in [1.29, 1.82) is 0 Å². The predicted octanol–water partition coefficient (Wildman–Crippen LogP) is 2.56. The maximum Gasteiger partial charge on any atom is 0.188 e. The first-order valence-corrected chi connectivity index (χ1v) is 6.15. The van der Waals surface area contributed by atoms with Gasteiger partial charge in [0.25, 0.3) is 0 Å². The first kappa shape index (κ1) is 11.8. The molecule has 0 bridgehead atoms. The Morgan fingerprint density at radius 1 is 1.24 bits per heavy atom. The van der Waals surface area contributed by atoms with Crippen molar-refractivity contribution in [2.24, 2.45) is 0 Å². The molecule has 0 aliphatic rings. The van der Waals surface area contributed by atoms with E-state index in [1.54, 1.807) is 23.5 Å². The number of nitrogens with two attached hydrogens (primary N) is 1. The molecule has 2 aromatic rings. The zero-order valence-electron chi connectivity index (χ0n) is 10.1. The summed E-state index contributed by atoms with van der Waals surface area (Å²) in [6.45, 7) is 6.40. The Morgan fingerprint density at radius 3 is 2.53 bits per heavy atom. The summed E-state index contributed by atoms with van der Waals surface area (Å²) in [7, 11) is 0. The van der Waals surface area contributed by atoms with E-state index in [1.165, 1.54) is 0 Å². The van der Waals surface area contributed by atoms with Crippen LogP contribution in [-0.4, -0.2) is 15.2 Å². The van der Waals surface area contributed by atoms with Crippen LogP contribution in [0.25, 0.3) is 0 Å². The highest BCUT2D eigenvalue weighted by Crippen LogP contribution is 2.27. The van der Waals surface area contributed by atoms with Crippen molar-refractivity contribution < 1.29 is 0 Å². The zero-order chi connectivity index (χ0) is 12.5. The molecule has 0 aliphatic carbocycles. The van der Waals surface area contributed by atoms with Crippen LogP contribution in [0.3, 0.4) is 0 Å². The van der Waals surface area contributed by atoms with Gasteiger partial charge in [0.1, 0.15) is 5.82 Å². The number of hydrogen-bond acceptors (Lipinski definition) is 6. The third-order valence-electron chi connectivity index (χ3n) is 2.19. The van der Waals surface area contributed by atoms with E-state index < -0.39 is 0 Å². The minimum absolute atomic E-state index is 0.0588. The number of nitrogen functional groups attached to an aromatic ring is 1. The molecule has 6 heteroatoms. The number of anilines is 3. The molecule has 2 aromatic heterocycles. The molecular formula is C11H15N5S. The molecular weight excluding hydrogens is 234 g/mol. The number of nitrogens with zero attached hydrogens (tertiary/aromatic N) is 3. The quantitative estimate of drug-likeness (QED) is 0.855. The van der Waals surface area contributed by atoms with Gasteiger partial charge in [0, 0.05) is 10.8 Å². The SMILES string of the molecule is CC(C)(C)c1csc(Nc2ccc(N)nn2)n1. The molecule has 0 fully saturated rings. The monoisotopic (exact) mass is 249 g/mol. The largest absolute Gasteiger partial charge is 0.382 e. The number of aromatic nitrogens is 3. The Kier molecular flexibility index (Phi) is 2.97. The van der Waals surface area contributed by atoms with E-state index in [2.05, 4.69) is 41.3 Å². The molecule has 0 unspecified atom stereocenters. The van der Waals surface area contributed by atoms with Gasteiger partial charge in [-0.3, -0.25) is 0 Å². The second-order valence-corrected chi connectivity index (χ2v) is 5.61. The van der Waals surface area contributed by atoms with E-state index in [0.717, 1.165) is 10.8 Å². The van der Waals surface area contributed by atoms with Crippen LogP contribution >= 0.6 is 11.3 Å². The molecule has 0 amide bonds. The van der Waals surface area contributed by atoms with Gasteiger partial charge in [0.2, 0.25) is 0 Å². The van der Waals surface area contributed by atoms with Gasteiger partial charge < -0.3 is 11.1 Å². The Morgan fingerprint density at radius 2 is 2.00 bits per heavy atom. The van der Waals surface area contributed by atoms with E-state index in [-0.39, 0.29) is 5.41 Å². The fourth-order valence-electron chi connectivity index (χ4n) is 1.19. The van der Waals surface area contributed by atoms with Crippen LogP contribution in [0.4, 0.5) is 16.8 Å². The van der Waals surface area contributed by atoms with E-state index in [9.17, 15) is 0 Å². The Bertz CT molecular complexity index is 497. The normalized spacial score (nSPS) is 11.5. The third-order valence-corrected chi connectivity index (χ3v) is 2.95. The van der Waals surface area contributed by atoms with Gasteiger partial charge in [-0.2, -0.15) is 0 Å². The van der Waals surface area contributed by atoms with Gasteiger partial charge in [-0.1, -0.05) is 20.8 Å². The van der Waals surface area contributed by atoms with Crippen molar-refractivity contribution >= 4 is 28.1 Å². The highest BCUT2D eigenvalue weighted by Gasteiger charge is 2.17. The lowest BCUT2D eigenvalue weighted by Gasteiger charge is -2.14. The fraction of sp³-hybridized carbons (Fsp3) is 0.364. The smallest absolute Gasteiger partial charge is 0.188 e. The van der Waals surface area contributed by atoms with Crippen LogP contribution in [-0.2, 0) is 5.41 Å². The Balaban J connectivity index is 2.14. The topological polar surface area (TPSA) is 76.7 Å². The fourth-order valence-corrected chi connectivity index (χ4v) is 2.14. The first-order valence-electron chi connectivity index (χ1n) is 5.27. The van der Waals surface area contributed by atoms with Crippen molar-refractivity contribution in [3.63, 3.8) is 0 Å². The molecule has 0 saturated carbocycles. The van der Waals surface area contributed by atoms with Gasteiger partial charge in [0.05, 0.1) is 5.69 Å². The molecule has 90 valence electrons. The molecule has 0 aromatic carbocycles. The maximum absolute atomic E-state index is 5.47. The summed E-state index contributed by atoms with van der Waals surface area (Å²) in [5.41, 5.74) is 6.59. The van der Waals surface area contributed by atoms with Gasteiger partial charge in [-0.05, 0) is 12.1 Å². The summed E-state index contributed by atoms with van der Waals surface area (Å²) in [4.78, 5) is 4.51. The predicted molar refractivity (Wildman–Crippen MR) is 70.5 cm³/mol. The van der Waals surface area contributed by atoms with Crippen molar-refractivity contribution in [2.75, 3.05) is 11.1 Å². The highest BCUT2D eigenvalue weighted by molar-refractivity contribution is 7.13. The van der Waals surface area contributed by atoms with E-state index in [4.69, 9.17) is 5.73 Å². The number of thiazole rings is 1. The van der Waals surface area contributed by atoms with Crippen LogP contribution in [0.15, 0.2) is 17.5 Å². The van der Waals surface area contributed by atoms with Gasteiger partial charge in [0.15, 0.2) is 10.9 Å². The minimum Gasteiger partial charge on any atom is -0.382 e. The lowest BCUT2D eigenvalue weighted by Crippen LogP contribution is -2.11. The average molecular weight is 249 g/mol. The van der Waals surface area contributed by atoms with Gasteiger partial charge in [-0.25, -0.2) is 4.98 Å². The summed E-state index contributed by atoms with van der Waals surface area (Å²) < 4.78 is 0. The first-order chi connectivity index (χ1) is 7.95. The molecule has 0 atom stereocenters. The van der Waals surface area contributed by atoms with Crippen molar-refractivity contribution in [1.82, 2.24) is 15.2 Å². The summed E-state index contributed by atoms with van der Waals surface area (Å²) in [6, 6.07) is 3.48. The molecule has 5 nitrogen and oxygen atoms in total. The van der Waals surface area contributed by atoms with Crippen LogP contribution in [0.1, 0.15) is 26.5 Å². The van der Waals surface area contributed by atoms with Crippen LogP contribution in [0.2, 0.25) is 0 Å². The van der Waals surface area contributed by atoms with Crippen molar-refractivity contribution in [2.45, 2.75) is 26.2 Å². The maximum atomic E-state index is 5.47. The lowest BCUT2D eigenvalue weighted by atomic mass is 9.93. The van der Waals surface area contributed by atoms with E-state index >= 15 is 0 Å². The number of hydrogen-bond donors (Lipinski definition) is 2. The van der Waals surface area contributed by atoms with Gasteiger partial charge >= 0.3 is 0 Å². The third kappa shape index (κ3) is 2.91. The van der Waals surface area contributed by atoms with E-state index in [0.29, 0.717) is 11.6 Å². The molecule has 0 saturated heterocycles. The van der Waals surface area contributed by atoms with Crippen LogP contribution < -0.4 is 11.1 Å². The van der Waals surface area contributed by atoms with Crippen molar-refractivity contribution in [3.8, 4) is 0 Å². The van der Waals surface area contributed by atoms with Crippen LogP contribution in [0, 0.1) is 0 Å². The zero-order valence-corrected chi connectivity index (χ0v) is 10.9. The molecule has 0 spiro atoms. The molecule has 0 radical (unpaired) electrons. The molecule has 2 rings (SSSR count). The molecule has 2 heterocycles. The van der Waals surface area contributed by atoms with Crippen LogP contribution in [0.5, 0.6) is 0 Å². The van der Waals surface area contributed by atoms with Crippen molar-refractivity contribution in [3.05, 3.63) is 23.2 Å². The number of rotatable bonds is 2. The molecule has 3 N–H and O–H groups in total.